The first-order valence-corrected chi connectivity index (χ1v) is 7.93. The van der Waals surface area contributed by atoms with E-state index >= 15 is 0 Å². The molecule has 3 rings (SSSR count). The van der Waals surface area contributed by atoms with Gasteiger partial charge in [0.25, 0.3) is 0 Å². The van der Waals surface area contributed by atoms with Gasteiger partial charge >= 0.3 is 0 Å². The minimum Gasteiger partial charge on any atom is -0.486 e. The van der Waals surface area contributed by atoms with Crippen molar-refractivity contribution >= 4 is 15.9 Å². The highest BCUT2D eigenvalue weighted by Crippen LogP contribution is 2.41. The van der Waals surface area contributed by atoms with Crippen molar-refractivity contribution in [2.45, 2.75) is 18.9 Å². The fourth-order valence-electron chi connectivity index (χ4n) is 3.01. The lowest BCUT2D eigenvalue weighted by molar-refractivity contribution is 0.0544. The topological polar surface area (TPSA) is 39.7 Å². The molecule has 20 heavy (non-hydrogen) atoms. The highest BCUT2D eigenvalue weighted by Gasteiger charge is 2.27. The zero-order valence-corrected chi connectivity index (χ0v) is 13.2. The Kier molecular flexibility index (Phi) is 4.48. The van der Waals surface area contributed by atoms with Gasteiger partial charge in [0.15, 0.2) is 11.5 Å². The van der Waals surface area contributed by atoms with Crippen LogP contribution in [-0.4, -0.2) is 33.5 Å². The second kappa shape index (κ2) is 6.33. The van der Waals surface area contributed by atoms with Gasteiger partial charge in [-0.05, 0) is 43.5 Å². The van der Waals surface area contributed by atoms with E-state index in [9.17, 15) is 0 Å². The summed E-state index contributed by atoms with van der Waals surface area (Å²) in [5.74, 6) is 2.27. The predicted molar refractivity (Wildman–Crippen MR) is 80.5 cm³/mol. The van der Waals surface area contributed by atoms with Crippen LogP contribution in [0.2, 0.25) is 0 Å². The molecule has 1 saturated heterocycles. The maximum atomic E-state index is 5.70. The number of fused-ring (bicyclic) bond motifs is 1. The average Bonchev–Trinajstić information content (AvgIpc) is 2.49. The van der Waals surface area contributed by atoms with Gasteiger partial charge < -0.3 is 19.5 Å². The zero-order valence-electron chi connectivity index (χ0n) is 11.7. The quantitative estimate of drug-likeness (QED) is 0.917. The van der Waals surface area contributed by atoms with Crippen LogP contribution < -0.4 is 14.8 Å². The molecule has 0 radical (unpaired) electrons. The van der Waals surface area contributed by atoms with Crippen LogP contribution in [0.4, 0.5) is 0 Å². The minimum atomic E-state index is 0.309. The van der Waals surface area contributed by atoms with Crippen LogP contribution in [0.5, 0.6) is 11.5 Å². The molecule has 2 aliphatic heterocycles. The van der Waals surface area contributed by atoms with E-state index in [1.807, 2.05) is 13.1 Å². The summed E-state index contributed by atoms with van der Waals surface area (Å²) in [5, 5.41) is 3.45. The number of halogens is 1. The van der Waals surface area contributed by atoms with Crippen molar-refractivity contribution in [3.63, 3.8) is 0 Å². The predicted octanol–water partition coefficient (Wildman–Crippen LogP) is 2.91. The molecule has 0 saturated carbocycles. The molecule has 1 unspecified atom stereocenters. The van der Waals surface area contributed by atoms with E-state index < -0.39 is 0 Å². The summed E-state index contributed by atoms with van der Waals surface area (Å²) in [5.41, 5.74) is 1.24. The maximum Gasteiger partial charge on any atom is 0.162 e. The summed E-state index contributed by atoms with van der Waals surface area (Å²) < 4.78 is 17.9. The van der Waals surface area contributed by atoms with Gasteiger partial charge in [-0.1, -0.05) is 15.9 Å². The van der Waals surface area contributed by atoms with Gasteiger partial charge in [0.1, 0.15) is 13.2 Å². The molecule has 4 nitrogen and oxygen atoms in total. The van der Waals surface area contributed by atoms with E-state index in [1.165, 1.54) is 5.56 Å². The van der Waals surface area contributed by atoms with Gasteiger partial charge in [0.2, 0.25) is 0 Å². The van der Waals surface area contributed by atoms with Crippen molar-refractivity contribution in [1.82, 2.24) is 5.32 Å². The first-order chi connectivity index (χ1) is 9.79. The van der Waals surface area contributed by atoms with Crippen LogP contribution >= 0.6 is 15.9 Å². The largest absolute Gasteiger partial charge is 0.486 e. The molecule has 0 spiro atoms. The molecule has 0 bridgehead atoms. The Hall–Kier alpha value is -0.780. The van der Waals surface area contributed by atoms with Crippen LogP contribution in [0.1, 0.15) is 24.4 Å². The minimum absolute atomic E-state index is 0.309. The highest BCUT2D eigenvalue weighted by atomic mass is 79.9. The number of benzene rings is 1. The Balaban J connectivity index is 1.90. The van der Waals surface area contributed by atoms with Crippen molar-refractivity contribution < 1.29 is 14.2 Å². The Morgan fingerprint density at radius 2 is 1.75 bits per heavy atom. The van der Waals surface area contributed by atoms with Crippen LogP contribution in [0.15, 0.2) is 16.6 Å². The van der Waals surface area contributed by atoms with Gasteiger partial charge in [-0.15, -0.1) is 0 Å². The van der Waals surface area contributed by atoms with E-state index in [0.717, 1.165) is 42.0 Å². The van der Waals surface area contributed by atoms with Crippen molar-refractivity contribution in [1.29, 1.82) is 0 Å². The van der Waals surface area contributed by atoms with Crippen LogP contribution in [0, 0.1) is 5.92 Å². The third kappa shape index (κ3) is 2.80. The third-order valence-electron chi connectivity index (χ3n) is 4.04. The maximum absolute atomic E-state index is 5.70. The molecule has 1 aromatic carbocycles. The Morgan fingerprint density at radius 3 is 2.40 bits per heavy atom. The third-order valence-corrected chi connectivity index (χ3v) is 4.73. The fourth-order valence-corrected chi connectivity index (χ4v) is 3.58. The summed E-state index contributed by atoms with van der Waals surface area (Å²) in [6, 6.07) is 4.44. The van der Waals surface area contributed by atoms with E-state index in [-0.39, 0.29) is 0 Å². The lowest BCUT2D eigenvalue weighted by Gasteiger charge is -2.32. The van der Waals surface area contributed by atoms with Crippen LogP contribution in [0.25, 0.3) is 0 Å². The van der Waals surface area contributed by atoms with Gasteiger partial charge in [0.05, 0.1) is 0 Å². The molecule has 2 aliphatic rings. The van der Waals surface area contributed by atoms with E-state index in [2.05, 4.69) is 27.3 Å². The van der Waals surface area contributed by atoms with E-state index in [4.69, 9.17) is 14.2 Å². The lowest BCUT2D eigenvalue weighted by Crippen LogP contribution is -2.30. The Bertz CT molecular complexity index is 474. The summed E-state index contributed by atoms with van der Waals surface area (Å²) in [7, 11) is 2.02. The van der Waals surface area contributed by atoms with E-state index in [0.29, 0.717) is 25.2 Å². The zero-order chi connectivity index (χ0) is 13.9. The summed E-state index contributed by atoms with van der Waals surface area (Å²) in [6.45, 7) is 2.94. The molecule has 0 aliphatic carbocycles. The molecule has 5 heteroatoms. The molecule has 1 aromatic rings. The summed E-state index contributed by atoms with van der Waals surface area (Å²) in [6.07, 6.45) is 2.18. The number of hydrogen-bond acceptors (Lipinski definition) is 4. The van der Waals surface area contributed by atoms with Gasteiger partial charge in [-0.25, -0.2) is 0 Å². The molecule has 2 heterocycles. The number of nitrogens with one attached hydrogen (secondary N) is 1. The standard InChI is InChI=1S/C15H20BrNO3/c1-17-15(10-2-4-18-5-3-10)11-8-13-14(9-12(11)16)20-7-6-19-13/h8-10,15,17H,2-7H2,1H3. The second-order valence-electron chi connectivity index (χ2n) is 5.23. The van der Waals surface area contributed by atoms with Gasteiger partial charge in [-0.2, -0.15) is 0 Å². The SMILES string of the molecule is CNC(c1cc2c(cc1Br)OCCO2)C1CCOCC1. The van der Waals surface area contributed by atoms with Gasteiger partial charge in [0, 0.05) is 23.7 Å². The Labute approximate surface area is 127 Å². The highest BCUT2D eigenvalue weighted by molar-refractivity contribution is 9.10. The van der Waals surface area contributed by atoms with Gasteiger partial charge in [-0.3, -0.25) is 0 Å². The lowest BCUT2D eigenvalue weighted by atomic mass is 9.87. The summed E-state index contributed by atoms with van der Waals surface area (Å²) in [4.78, 5) is 0. The fraction of sp³-hybridized carbons (Fsp3) is 0.600. The van der Waals surface area contributed by atoms with Crippen LogP contribution in [-0.2, 0) is 4.74 Å². The second-order valence-corrected chi connectivity index (χ2v) is 6.09. The first kappa shape index (κ1) is 14.2. The normalized spacial score (nSPS) is 20.7. The monoisotopic (exact) mass is 341 g/mol. The molecule has 1 N–H and O–H groups in total. The van der Waals surface area contributed by atoms with Crippen molar-refractivity contribution in [2.75, 3.05) is 33.5 Å². The van der Waals surface area contributed by atoms with Crippen LogP contribution in [0.3, 0.4) is 0 Å². The molecule has 0 amide bonds. The molecular formula is C15H20BrNO3. The Morgan fingerprint density at radius 1 is 1.10 bits per heavy atom. The molecule has 1 fully saturated rings. The average molecular weight is 342 g/mol. The molecular weight excluding hydrogens is 322 g/mol. The number of hydrogen-bond donors (Lipinski definition) is 1. The summed E-state index contributed by atoms with van der Waals surface area (Å²) >= 11 is 3.68. The van der Waals surface area contributed by atoms with Crippen molar-refractivity contribution in [2.24, 2.45) is 5.92 Å². The first-order valence-electron chi connectivity index (χ1n) is 7.13. The van der Waals surface area contributed by atoms with Crippen molar-refractivity contribution in [3.8, 4) is 11.5 Å². The smallest absolute Gasteiger partial charge is 0.162 e. The number of ether oxygens (including phenoxy) is 3. The molecule has 0 aromatic heterocycles. The van der Waals surface area contributed by atoms with Crippen molar-refractivity contribution in [3.05, 3.63) is 22.2 Å². The molecule has 1 atom stereocenters. The molecule has 110 valence electrons. The number of rotatable bonds is 3. The van der Waals surface area contributed by atoms with E-state index in [1.54, 1.807) is 0 Å².